The van der Waals surface area contributed by atoms with Crippen molar-refractivity contribution in [2.75, 3.05) is 6.54 Å². The zero-order valence-corrected chi connectivity index (χ0v) is 10.9. The van der Waals surface area contributed by atoms with Crippen molar-refractivity contribution in [2.24, 2.45) is 0 Å². The number of rotatable bonds is 9. The number of Topliss-reactive ketones (excluding diaryl/α,β-unsaturated/α-hetero) is 1. The zero-order valence-electron chi connectivity index (χ0n) is 10.9. The van der Waals surface area contributed by atoms with Gasteiger partial charge in [0.2, 0.25) is 0 Å². The molecule has 6 heteroatoms. The van der Waals surface area contributed by atoms with Crippen LogP contribution < -0.4 is 5.32 Å². The summed E-state index contributed by atoms with van der Waals surface area (Å²) in [4.78, 5) is 33.3. The predicted octanol–water partition coefficient (Wildman–Crippen LogP) is 1.17. The average Bonchev–Trinajstić information content (AvgIpc) is 2.42. The molecule has 1 aromatic rings. The van der Waals surface area contributed by atoms with Crippen molar-refractivity contribution in [3.05, 3.63) is 35.9 Å². The molecule has 0 fully saturated rings. The molecular weight excluding hydrogens is 262 g/mol. The van der Waals surface area contributed by atoms with E-state index in [0.717, 1.165) is 0 Å². The third kappa shape index (κ3) is 5.62. The number of carboxylic acid groups (broad SMARTS) is 2. The number of nitrogens with one attached hydrogen (secondary N) is 1. The number of hydrogen-bond donors (Lipinski definition) is 3. The molecule has 1 rings (SSSR count). The summed E-state index contributed by atoms with van der Waals surface area (Å²) in [6.45, 7) is 0.123. The van der Waals surface area contributed by atoms with E-state index in [4.69, 9.17) is 10.2 Å². The van der Waals surface area contributed by atoms with Gasteiger partial charge in [-0.15, -0.1) is 0 Å². The highest BCUT2D eigenvalue weighted by Gasteiger charge is 2.20. The van der Waals surface area contributed by atoms with Crippen molar-refractivity contribution in [1.29, 1.82) is 0 Å². The van der Waals surface area contributed by atoms with E-state index in [1.807, 2.05) is 0 Å². The number of aliphatic carboxylic acids is 2. The van der Waals surface area contributed by atoms with Gasteiger partial charge in [0.05, 0.1) is 12.5 Å². The molecule has 0 aliphatic carbocycles. The molecule has 3 N–H and O–H groups in total. The Bertz CT molecular complexity index is 472. The first-order valence-electron chi connectivity index (χ1n) is 6.27. The molecule has 0 aromatic heterocycles. The molecule has 0 spiro atoms. The summed E-state index contributed by atoms with van der Waals surface area (Å²) in [6, 6.07) is 7.83. The Labute approximate surface area is 116 Å². The minimum atomic E-state index is -0.990. The zero-order chi connectivity index (χ0) is 15.0. The Morgan fingerprint density at radius 1 is 1.00 bits per heavy atom. The monoisotopic (exact) mass is 279 g/mol. The van der Waals surface area contributed by atoms with Gasteiger partial charge >= 0.3 is 11.9 Å². The van der Waals surface area contributed by atoms with Crippen LogP contribution in [0.3, 0.4) is 0 Å². The van der Waals surface area contributed by atoms with Crippen LogP contribution >= 0.6 is 0 Å². The Balaban J connectivity index is 2.67. The van der Waals surface area contributed by atoms with Crippen LogP contribution in [-0.2, 0) is 9.59 Å². The first-order chi connectivity index (χ1) is 9.50. The maximum Gasteiger partial charge on any atom is 0.304 e. The molecule has 0 aliphatic rings. The van der Waals surface area contributed by atoms with Gasteiger partial charge < -0.3 is 15.5 Å². The lowest BCUT2D eigenvalue weighted by Crippen LogP contribution is -2.38. The van der Waals surface area contributed by atoms with E-state index in [1.165, 1.54) is 0 Å². The predicted molar refractivity (Wildman–Crippen MR) is 71.7 cm³/mol. The fraction of sp³-hybridized carbons (Fsp3) is 0.357. The van der Waals surface area contributed by atoms with Crippen molar-refractivity contribution in [3.8, 4) is 0 Å². The van der Waals surface area contributed by atoms with Gasteiger partial charge in [0.15, 0.2) is 5.78 Å². The first-order valence-corrected chi connectivity index (χ1v) is 6.27. The largest absolute Gasteiger partial charge is 0.481 e. The number of carboxylic acids is 2. The highest BCUT2D eigenvalue weighted by atomic mass is 16.4. The summed E-state index contributed by atoms with van der Waals surface area (Å²) in [7, 11) is 0. The van der Waals surface area contributed by atoms with Gasteiger partial charge in [0.25, 0.3) is 0 Å². The molecule has 6 nitrogen and oxygen atoms in total. The van der Waals surface area contributed by atoms with E-state index < -0.39 is 18.0 Å². The Hall–Kier alpha value is -2.21. The minimum absolute atomic E-state index is 0.119. The molecule has 0 radical (unpaired) electrons. The Morgan fingerprint density at radius 3 is 2.15 bits per heavy atom. The van der Waals surface area contributed by atoms with Gasteiger partial charge in [-0.2, -0.15) is 0 Å². The second-order valence-corrected chi connectivity index (χ2v) is 4.31. The standard InChI is InChI=1S/C14H17NO5/c16-12(17)7-6-11(15-9-8-13(18)19)14(20)10-4-2-1-3-5-10/h1-5,11,15H,6-9H2,(H,16,17)(H,18,19). The van der Waals surface area contributed by atoms with Gasteiger partial charge in [-0.25, -0.2) is 0 Å². The van der Waals surface area contributed by atoms with E-state index in [1.54, 1.807) is 30.3 Å². The minimum Gasteiger partial charge on any atom is -0.481 e. The molecular formula is C14H17NO5. The smallest absolute Gasteiger partial charge is 0.304 e. The summed E-state index contributed by atoms with van der Waals surface area (Å²) in [5.74, 6) is -2.19. The molecule has 1 unspecified atom stereocenters. The van der Waals surface area contributed by atoms with Crippen LogP contribution in [0.1, 0.15) is 29.6 Å². The molecule has 0 heterocycles. The summed E-state index contributed by atoms with van der Waals surface area (Å²) < 4.78 is 0. The van der Waals surface area contributed by atoms with Crippen molar-refractivity contribution >= 4 is 17.7 Å². The quantitative estimate of drug-likeness (QED) is 0.586. The number of carbonyl (C=O) groups is 3. The fourth-order valence-electron chi connectivity index (χ4n) is 1.75. The average molecular weight is 279 g/mol. The van der Waals surface area contributed by atoms with Gasteiger partial charge in [-0.05, 0) is 6.42 Å². The summed E-state index contributed by atoms with van der Waals surface area (Å²) >= 11 is 0. The molecule has 0 bridgehead atoms. The second-order valence-electron chi connectivity index (χ2n) is 4.31. The summed E-state index contributed by atoms with van der Waals surface area (Å²) in [6.07, 6.45) is -0.141. The molecule has 20 heavy (non-hydrogen) atoms. The maximum atomic E-state index is 12.2. The van der Waals surface area contributed by atoms with Crippen LogP contribution in [0.5, 0.6) is 0 Å². The fourth-order valence-corrected chi connectivity index (χ4v) is 1.75. The van der Waals surface area contributed by atoms with Crippen LogP contribution in [0.4, 0.5) is 0 Å². The van der Waals surface area contributed by atoms with E-state index in [-0.39, 0.29) is 31.6 Å². The lowest BCUT2D eigenvalue weighted by molar-refractivity contribution is -0.138. The van der Waals surface area contributed by atoms with Crippen molar-refractivity contribution in [3.63, 3.8) is 0 Å². The van der Waals surface area contributed by atoms with Gasteiger partial charge in [-0.1, -0.05) is 30.3 Å². The van der Waals surface area contributed by atoms with E-state index >= 15 is 0 Å². The molecule has 0 aliphatic heterocycles. The lowest BCUT2D eigenvalue weighted by atomic mass is 10.00. The Morgan fingerprint density at radius 2 is 1.60 bits per heavy atom. The highest BCUT2D eigenvalue weighted by molar-refractivity contribution is 6.00. The van der Waals surface area contributed by atoms with Crippen LogP contribution in [-0.4, -0.2) is 40.5 Å². The summed E-state index contributed by atoms with van der Waals surface area (Å²) in [5, 5.41) is 20.1. The topological polar surface area (TPSA) is 104 Å². The molecule has 1 aromatic carbocycles. The first kappa shape index (κ1) is 15.8. The van der Waals surface area contributed by atoms with Crippen LogP contribution in [0.2, 0.25) is 0 Å². The molecule has 0 saturated carbocycles. The van der Waals surface area contributed by atoms with Crippen molar-refractivity contribution in [1.82, 2.24) is 5.32 Å². The van der Waals surface area contributed by atoms with E-state index in [0.29, 0.717) is 5.56 Å². The van der Waals surface area contributed by atoms with Crippen LogP contribution in [0, 0.1) is 0 Å². The number of hydrogen-bond acceptors (Lipinski definition) is 4. The molecule has 108 valence electrons. The second kappa shape index (κ2) is 8.06. The third-order valence-corrected chi connectivity index (χ3v) is 2.75. The third-order valence-electron chi connectivity index (χ3n) is 2.75. The van der Waals surface area contributed by atoms with Gasteiger partial charge in [0, 0.05) is 18.5 Å². The van der Waals surface area contributed by atoms with E-state index in [9.17, 15) is 14.4 Å². The van der Waals surface area contributed by atoms with Gasteiger partial charge in [0.1, 0.15) is 0 Å². The Kier molecular flexibility index (Phi) is 6.39. The normalized spacial score (nSPS) is 11.8. The van der Waals surface area contributed by atoms with Gasteiger partial charge in [-0.3, -0.25) is 14.4 Å². The number of benzene rings is 1. The van der Waals surface area contributed by atoms with Crippen LogP contribution in [0.25, 0.3) is 0 Å². The van der Waals surface area contributed by atoms with Crippen molar-refractivity contribution in [2.45, 2.75) is 25.3 Å². The van der Waals surface area contributed by atoms with Crippen LogP contribution in [0.15, 0.2) is 30.3 Å². The number of carbonyl (C=O) groups excluding carboxylic acids is 1. The maximum absolute atomic E-state index is 12.2. The lowest BCUT2D eigenvalue weighted by Gasteiger charge is -2.16. The number of ketones is 1. The molecule has 1 atom stereocenters. The van der Waals surface area contributed by atoms with E-state index in [2.05, 4.69) is 5.32 Å². The highest BCUT2D eigenvalue weighted by Crippen LogP contribution is 2.08. The summed E-state index contributed by atoms with van der Waals surface area (Å²) in [5.41, 5.74) is 0.478. The molecule has 0 saturated heterocycles. The molecule has 0 amide bonds. The van der Waals surface area contributed by atoms with Crippen molar-refractivity contribution < 1.29 is 24.6 Å². The SMILES string of the molecule is O=C(O)CCNC(CCC(=O)O)C(=O)c1ccccc1.